The monoisotopic (exact) mass is 363 g/mol. The number of aromatic nitrogens is 2. The van der Waals surface area contributed by atoms with Gasteiger partial charge in [0.15, 0.2) is 0 Å². The highest BCUT2D eigenvalue weighted by Crippen LogP contribution is 2.14. The SMILES string of the molecule is C[C@@H](CC(=N)C(=O)OC(C)(C)C)n1cc(I)cn1. The fourth-order valence-corrected chi connectivity index (χ4v) is 1.78. The molecule has 0 aliphatic carbocycles. The molecular weight excluding hydrogens is 345 g/mol. The molecule has 0 unspecified atom stereocenters. The molecule has 18 heavy (non-hydrogen) atoms. The third-order valence-corrected chi connectivity index (χ3v) is 2.72. The topological polar surface area (TPSA) is 68.0 Å². The maximum Gasteiger partial charge on any atom is 0.352 e. The van der Waals surface area contributed by atoms with E-state index in [2.05, 4.69) is 27.7 Å². The van der Waals surface area contributed by atoms with Gasteiger partial charge in [0.2, 0.25) is 0 Å². The lowest BCUT2D eigenvalue weighted by atomic mass is 10.1. The lowest BCUT2D eigenvalue weighted by Crippen LogP contribution is -2.29. The molecule has 1 heterocycles. The third-order valence-electron chi connectivity index (χ3n) is 2.17. The maximum atomic E-state index is 11.7. The Kier molecular flexibility index (Phi) is 4.89. The van der Waals surface area contributed by atoms with Crippen LogP contribution in [0.4, 0.5) is 0 Å². The number of nitrogens with zero attached hydrogens (tertiary/aromatic N) is 2. The average Bonchev–Trinajstić information content (AvgIpc) is 2.62. The van der Waals surface area contributed by atoms with Crippen molar-refractivity contribution < 1.29 is 9.53 Å². The van der Waals surface area contributed by atoms with Crippen molar-refractivity contribution >= 4 is 34.3 Å². The summed E-state index contributed by atoms with van der Waals surface area (Å²) in [6.45, 7) is 7.29. The summed E-state index contributed by atoms with van der Waals surface area (Å²) in [5.41, 5.74) is -0.587. The van der Waals surface area contributed by atoms with Gasteiger partial charge in [0.05, 0.1) is 15.8 Å². The molecule has 0 saturated carbocycles. The van der Waals surface area contributed by atoms with E-state index >= 15 is 0 Å². The number of hydrogen-bond donors (Lipinski definition) is 1. The second-order valence-electron chi connectivity index (χ2n) is 5.17. The molecule has 1 rings (SSSR count). The molecule has 1 atom stereocenters. The molecule has 1 N–H and O–H groups in total. The van der Waals surface area contributed by atoms with Crippen LogP contribution in [-0.4, -0.2) is 27.1 Å². The number of ether oxygens (including phenoxy) is 1. The highest BCUT2D eigenvalue weighted by Gasteiger charge is 2.22. The van der Waals surface area contributed by atoms with Gasteiger partial charge in [-0.3, -0.25) is 10.1 Å². The molecule has 1 aromatic heterocycles. The van der Waals surface area contributed by atoms with Crippen molar-refractivity contribution in [2.24, 2.45) is 0 Å². The smallest absolute Gasteiger partial charge is 0.352 e. The number of nitrogens with one attached hydrogen (secondary N) is 1. The second kappa shape index (κ2) is 5.81. The Morgan fingerprint density at radius 2 is 2.22 bits per heavy atom. The molecule has 1 aromatic rings. The Labute approximate surface area is 121 Å². The van der Waals surface area contributed by atoms with E-state index in [1.54, 1.807) is 31.6 Å². The van der Waals surface area contributed by atoms with Crippen molar-refractivity contribution in [3.8, 4) is 0 Å². The van der Waals surface area contributed by atoms with E-state index in [0.29, 0.717) is 6.42 Å². The van der Waals surface area contributed by atoms with E-state index < -0.39 is 11.6 Å². The molecule has 0 bridgehead atoms. The van der Waals surface area contributed by atoms with Crippen molar-refractivity contribution in [1.82, 2.24) is 9.78 Å². The van der Waals surface area contributed by atoms with Gasteiger partial charge in [-0.25, -0.2) is 4.79 Å². The Hall–Kier alpha value is -0.920. The molecule has 0 spiro atoms. The molecule has 100 valence electrons. The van der Waals surface area contributed by atoms with Crippen LogP contribution in [0, 0.1) is 8.98 Å². The van der Waals surface area contributed by atoms with Gasteiger partial charge in [-0.2, -0.15) is 5.10 Å². The Bertz CT molecular complexity index is 448. The quantitative estimate of drug-likeness (QED) is 0.508. The molecule has 6 heteroatoms. The Balaban J connectivity index is 2.57. The van der Waals surface area contributed by atoms with Gasteiger partial charge in [0.25, 0.3) is 0 Å². The van der Waals surface area contributed by atoms with Crippen LogP contribution in [0.15, 0.2) is 12.4 Å². The fourth-order valence-electron chi connectivity index (χ4n) is 1.37. The van der Waals surface area contributed by atoms with Crippen LogP contribution in [0.5, 0.6) is 0 Å². The molecule has 0 aliphatic heterocycles. The van der Waals surface area contributed by atoms with Crippen molar-refractivity contribution in [2.75, 3.05) is 0 Å². The van der Waals surface area contributed by atoms with E-state index in [1.165, 1.54) is 0 Å². The molecule has 0 aliphatic rings. The van der Waals surface area contributed by atoms with Crippen LogP contribution < -0.4 is 0 Å². The predicted octanol–water partition coefficient (Wildman–Crippen LogP) is 2.80. The number of carbonyl (C=O) groups excluding carboxylic acids is 1. The summed E-state index contributed by atoms with van der Waals surface area (Å²) in [5, 5.41) is 11.9. The van der Waals surface area contributed by atoms with E-state index in [-0.39, 0.29) is 11.8 Å². The number of hydrogen-bond acceptors (Lipinski definition) is 4. The summed E-state index contributed by atoms with van der Waals surface area (Å²) < 4.78 is 7.93. The van der Waals surface area contributed by atoms with Crippen molar-refractivity contribution in [3.63, 3.8) is 0 Å². The minimum atomic E-state index is -0.562. The minimum absolute atomic E-state index is 0.0251. The fraction of sp³-hybridized carbons (Fsp3) is 0.583. The van der Waals surface area contributed by atoms with E-state index in [4.69, 9.17) is 10.1 Å². The molecule has 0 radical (unpaired) electrons. The molecule has 0 saturated heterocycles. The van der Waals surface area contributed by atoms with Gasteiger partial charge in [0, 0.05) is 12.6 Å². The minimum Gasteiger partial charge on any atom is -0.456 e. The first-order chi connectivity index (χ1) is 8.19. The standard InChI is InChI=1S/C12H18IN3O2/c1-8(16-7-9(13)6-15-16)5-10(14)11(17)18-12(2,3)4/h6-8,14H,5H2,1-4H3/t8-/m0/s1. The van der Waals surface area contributed by atoms with E-state index in [9.17, 15) is 4.79 Å². The molecule has 0 aromatic carbocycles. The first kappa shape index (κ1) is 15.1. The van der Waals surface area contributed by atoms with Gasteiger partial charge in [-0.05, 0) is 50.3 Å². The maximum absolute atomic E-state index is 11.7. The second-order valence-corrected chi connectivity index (χ2v) is 6.42. The van der Waals surface area contributed by atoms with Crippen molar-refractivity contribution in [2.45, 2.75) is 45.8 Å². The number of halogens is 1. The summed E-state index contributed by atoms with van der Waals surface area (Å²) in [7, 11) is 0. The lowest BCUT2D eigenvalue weighted by molar-refractivity contribution is -0.146. The lowest BCUT2D eigenvalue weighted by Gasteiger charge is -2.20. The zero-order valence-electron chi connectivity index (χ0n) is 11.0. The largest absolute Gasteiger partial charge is 0.456 e. The van der Waals surface area contributed by atoms with Gasteiger partial charge in [-0.15, -0.1) is 0 Å². The van der Waals surface area contributed by atoms with Crippen LogP contribution >= 0.6 is 22.6 Å². The van der Waals surface area contributed by atoms with Crippen molar-refractivity contribution in [1.29, 1.82) is 5.41 Å². The summed E-state index contributed by atoms with van der Waals surface area (Å²) in [4.78, 5) is 11.7. The molecule has 0 amide bonds. The zero-order chi connectivity index (χ0) is 13.9. The van der Waals surface area contributed by atoms with Crippen LogP contribution in [0.3, 0.4) is 0 Å². The van der Waals surface area contributed by atoms with E-state index in [1.807, 2.05) is 13.1 Å². The van der Waals surface area contributed by atoms with Gasteiger partial charge in [-0.1, -0.05) is 0 Å². The third kappa shape index (κ3) is 4.75. The van der Waals surface area contributed by atoms with Crippen molar-refractivity contribution in [3.05, 3.63) is 16.0 Å². The zero-order valence-corrected chi connectivity index (χ0v) is 13.2. The summed E-state index contributed by atoms with van der Waals surface area (Å²) in [6, 6.07) is -0.0338. The van der Waals surface area contributed by atoms with Crippen LogP contribution in [0.25, 0.3) is 0 Å². The summed E-state index contributed by atoms with van der Waals surface area (Å²) in [5.74, 6) is -0.559. The average molecular weight is 363 g/mol. The van der Waals surface area contributed by atoms with Crippen LogP contribution in [-0.2, 0) is 9.53 Å². The molecule has 5 nitrogen and oxygen atoms in total. The van der Waals surface area contributed by atoms with Crippen LogP contribution in [0.2, 0.25) is 0 Å². The number of rotatable bonds is 4. The Morgan fingerprint density at radius 1 is 1.61 bits per heavy atom. The summed E-state index contributed by atoms with van der Waals surface area (Å²) >= 11 is 2.17. The predicted molar refractivity (Wildman–Crippen MR) is 77.8 cm³/mol. The van der Waals surface area contributed by atoms with E-state index in [0.717, 1.165) is 3.57 Å². The van der Waals surface area contributed by atoms with Gasteiger partial charge in [0.1, 0.15) is 11.3 Å². The normalized spacial score (nSPS) is 13.2. The summed E-state index contributed by atoms with van der Waals surface area (Å²) in [6.07, 6.45) is 3.94. The highest BCUT2D eigenvalue weighted by atomic mass is 127. The number of carbonyl (C=O) groups is 1. The first-order valence-corrected chi connectivity index (χ1v) is 6.77. The Morgan fingerprint density at radius 3 is 2.67 bits per heavy atom. The molecule has 0 fully saturated rings. The first-order valence-electron chi connectivity index (χ1n) is 5.69. The number of esters is 1. The van der Waals surface area contributed by atoms with Gasteiger partial charge < -0.3 is 4.74 Å². The highest BCUT2D eigenvalue weighted by molar-refractivity contribution is 14.1. The van der Waals surface area contributed by atoms with Crippen LogP contribution in [0.1, 0.15) is 40.2 Å². The van der Waals surface area contributed by atoms with Gasteiger partial charge >= 0.3 is 5.97 Å². The molecular formula is C12H18IN3O2.